The molecule has 0 aliphatic heterocycles. The van der Waals surface area contributed by atoms with Crippen LogP contribution in [-0.2, 0) is 11.3 Å². The normalized spacial score (nSPS) is 10.4. The first-order chi connectivity index (χ1) is 10.6. The Morgan fingerprint density at radius 2 is 2.13 bits per heavy atom. The Kier molecular flexibility index (Phi) is 8.02. The van der Waals surface area contributed by atoms with Crippen molar-refractivity contribution in [2.45, 2.75) is 26.8 Å². The van der Waals surface area contributed by atoms with Crippen LogP contribution in [0.3, 0.4) is 0 Å². The zero-order valence-electron chi connectivity index (χ0n) is 13.4. The van der Waals surface area contributed by atoms with Crippen molar-refractivity contribution >= 4 is 40.5 Å². The molecule has 0 saturated carbocycles. The molecular formula is C16H23ClN4OS. The highest BCUT2D eigenvalue weighted by atomic mass is 35.5. The van der Waals surface area contributed by atoms with E-state index in [0.29, 0.717) is 18.2 Å². The molecule has 0 spiro atoms. The molecule has 0 aliphatic carbocycles. The Bertz CT molecular complexity index is 632. The first-order valence-electron chi connectivity index (χ1n) is 7.36. The number of nitrogens with two attached hydrogens (primary N) is 1. The summed E-state index contributed by atoms with van der Waals surface area (Å²) in [6.07, 6.45) is 2.77. The van der Waals surface area contributed by atoms with E-state index in [-0.39, 0.29) is 18.3 Å². The quantitative estimate of drug-likeness (QED) is 0.800. The molecule has 0 unspecified atom stereocenters. The number of aromatic nitrogens is 1. The van der Waals surface area contributed by atoms with Crippen molar-refractivity contribution in [1.29, 1.82) is 0 Å². The highest BCUT2D eigenvalue weighted by molar-refractivity contribution is 7.15. The van der Waals surface area contributed by atoms with Gasteiger partial charge in [0.2, 0.25) is 5.91 Å². The summed E-state index contributed by atoms with van der Waals surface area (Å²) in [5.41, 5.74) is 7.59. The molecule has 1 amide bonds. The zero-order valence-corrected chi connectivity index (χ0v) is 15.0. The number of carbonyl (C=O) groups excluding carboxylic acids is 1. The molecular weight excluding hydrogens is 332 g/mol. The Hall–Kier alpha value is -1.63. The molecule has 126 valence electrons. The van der Waals surface area contributed by atoms with Gasteiger partial charge in [0.05, 0.1) is 6.54 Å². The summed E-state index contributed by atoms with van der Waals surface area (Å²) in [6.45, 7) is 6.01. The minimum absolute atomic E-state index is 0. The second-order valence-corrected chi connectivity index (χ2v) is 6.39. The van der Waals surface area contributed by atoms with Crippen molar-refractivity contribution in [1.82, 2.24) is 9.88 Å². The minimum atomic E-state index is 0. The average molecular weight is 355 g/mol. The molecule has 2 aromatic rings. The van der Waals surface area contributed by atoms with E-state index in [0.717, 1.165) is 29.1 Å². The van der Waals surface area contributed by atoms with Crippen LogP contribution in [0.2, 0.25) is 0 Å². The lowest BCUT2D eigenvalue weighted by atomic mass is 10.2. The summed E-state index contributed by atoms with van der Waals surface area (Å²) in [7, 11) is 0. The van der Waals surface area contributed by atoms with Gasteiger partial charge >= 0.3 is 0 Å². The van der Waals surface area contributed by atoms with E-state index in [9.17, 15) is 4.79 Å². The number of hydrogen-bond acceptors (Lipinski definition) is 5. The van der Waals surface area contributed by atoms with Crippen molar-refractivity contribution in [3.8, 4) is 0 Å². The maximum Gasteiger partial charge on any atom is 0.238 e. The fourth-order valence-corrected chi connectivity index (χ4v) is 2.98. The number of nitrogens with zero attached hydrogens (tertiary/aromatic N) is 2. The van der Waals surface area contributed by atoms with Crippen LogP contribution in [0.5, 0.6) is 0 Å². The number of amides is 1. The number of thiazole rings is 1. The first-order valence-corrected chi connectivity index (χ1v) is 8.18. The van der Waals surface area contributed by atoms with Crippen LogP contribution in [-0.4, -0.2) is 28.9 Å². The largest absolute Gasteiger partial charge is 0.375 e. The molecule has 1 heterocycles. The van der Waals surface area contributed by atoms with E-state index in [1.165, 1.54) is 11.3 Å². The Balaban J connectivity index is 0.00000264. The van der Waals surface area contributed by atoms with Crippen LogP contribution in [0.15, 0.2) is 30.5 Å². The lowest BCUT2D eigenvalue weighted by Crippen LogP contribution is -2.33. The van der Waals surface area contributed by atoms with E-state index < -0.39 is 0 Å². The Labute approximate surface area is 147 Å². The first kappa shape index (κ1) is 19.4. The minimum Gasteiger partial charge on any atom is -0.375 e. The maximum atomic E-state index is 12.3. The van der Waals surface area contributed by atoms with Gasteiger partial charge in [-0.15, -0.1) is 23.7 Å². The van der Waals surface area contributed by atoms with E-state index in [4.69, 9.17) is 5.73 Å². The Morgan fingerprint density at radius 3 is 2.74 bits per heavy atom. The van der Waals surface area contributed by atoms with Gasteiger partial charge < -0.3 is 11.1 Å². The number of hydrogen-bond donors (Lipinski definition) is 2. The molecule has 0 fully saturated rings. The Morgan fingerprint density at radius 1 is 1.39 bits per heavy atom. The third-order valence-corrected chi connectivity index (χ3v) is 4.09. The number of para-hydroxylation sites is 1. The molecule has 0 radical (unpaired) electrons. The van der Waals surface area contributed by atoms with E-state index in [1.54, 1.807) is 6.20 Å². The van der Waals surface area contributed by atoms with Crippen molar-refractivity contribution < 1.29 is 4.79 Å². The summed E-state index contributed by atoms with van der Waals surface area (Å²) in [4.78, 5) is 19.5. The second-order valence-electron chi connectivity index (χ2n) is 5.24. The SMILES string of the molecule is CCCN(CC(=O)Nc1ccccc1C)Cc1cnc(N)s1.Cl. The fourth-order valence-electron chi connectivity index (χ4n) is 2.25. The number of halogens is 1. The molecule has 0 atom stereocenters. The lowest BCUT2D eigenvalue weighted by Gasteiger charge is -2.20. The summed E-state index contributed by atoms with van der Waals surface area (Å²) >= 11 is 1.47. The van der Waals surface area contributed by atoms with Crippen LogP contribution in [0.4, 0.5) is 10.8 Å². The van der Waals surface area contributed by atoms with Crippen molar-refractivity contribution in [2.24, 2.45) is 0 Å². The third-order valence-electron chi connectivity index (χ3n) is 3.28. The molecule has 23 heavy (non-hydrogen) atoms. The van der Waals surface area contributed by atoms with Crippen LogP contribution in [0, 0.1) is 6.92 Å². The summed E-state index contributed by atoms with van der Waals surface area (Å²) in [5.74, 6) is 0.000220. The zero-order chi connectivity index (χ0) is 15.9. The number of nitrogens with one attached hydrogen (secondary N) is 1. The number of benzene rings is 1. The monoisotopic (exact) mass is 354 g/mol. The van der Waals surface area contributed by atoms with Gasteiger partial charge in [0, 0.05) is 23.3 Å². The van der Waals surface area contributed by atoms with Gasteiger partial charge in [0.15, 0.2) is 5.13 Å². The van der Waals surface area contributed by atoms with E-state index >= 15 is 0 Å². The molecule has 3 N–H and O–H groups in total. The molecule has 1 aromatic heterocycles. The number of aryl methyl sites for hydroxylation is 1. The van der Waals surface area contributed by atoms with Gasteiger partial charge in [0.1, 0.15) is 0 Å². The van der Waals surface area contributed by atoms with Crippen molar-refractivity contribution in [2.75, 3.05) is 24.1 Å². The fraction of sp³-hybridized carbons (Fsp3) is 0.375. The van der Waals surface area contributed by atoms with E-state index in [1.807, 2.05) is 31.2 Å². The molecule has 0 aliphatic rings. The van der Waals surface area contributed by atoms with Gasteiger partial charge in [0.25, 0.3) is 0 Å². The molecule has 7 heteroatoms. The number of carbonyl (C=O) groups is 1. The number of anilines is 2. The van der Waals surface area contributed by atoms with Gasteiger partial charge in [-0.05, 0) is 31.5 Å². The number of nitrogen functional groups attached to an aromatic ring is 1. The highest BCUT2D eigenvalue weighted by Crippen LogP contribution is 2.17. The molecule has 0 bridgehead atoms. The highest BCUT2D eigenvalue weighted by Gasteiger charge is 2.13. The van der Waals surface area contributed by atoms with Gasteiger partial charge in [-0.1, -0.05) is 25.1 Å². The van der Waals surface area contributed by atoms with Gasteiger partial charge in [-0.25, -0.2) is 4.98 Å². The average Bonchev–Trinajstić information content (AvgIpc) is 2.87. The van der Waals surface area contributed by atoms with Crippen LogP contribution in [0.25, 0.3) is 0 Å². The van der Waals surface area contributed by atoms with Crippen molar-refractivity contribution in [3.63, 3.8) is 0 Å². The van der Waals surface area contributed by atoms with Gasteiger partial charge in [-0.2, -0.15) is 0 Å². The lowest BCUT2D eigenvalue weighted by molar-refractivity contribution is -0.117. The van der Waals surface area contributed by atoms with Crippen LogP contribution < -0.4 is 11.1 Å². The topological polar surface area (TPSA) is 71.2 Å². The third kappa shape index (κ3) is 6.17. The second kappa shape index (κ2) is 9.50. The van der Waals surface area contributed by atoms with Crippen LogP contribution in [0.1, 0.15) is 23.8 Å². The standard InChI is InChI=1S/C16H22N4OS.ClH/c1-3-8-20(10-13-9-18-16(17)22-13)11-15(21)19-14-7-5-4-6-12(14)2;/h4-7,9H,3,8,10-11H2,1-2H3,(H2,17,18)(H,19,21);1H. The predicted molar refractivity (Wildman–Crippen MR) is 99.2 cm³/mol. The summed E-state index contributed by atoms with van der Waals surface area (Å²) in [5, 5.41) is 3.54. The number of rotatable bonds is 7. The van der Waals surface area contributed by atoms with Gasteiger partial charge in [-0.3, -0.25) is 9.69 Å². The summed E-state index contributed by atoms with van der Waals surface area (Å²) < 4.78 is 0. The van der Waals surface area contributed by atoms with Crippen LogP contribution >= 0.6 is 23.7 Å². The molecule has 5 nitrogen and oxygen atoms in total. The predicted octanol–water partition coefficient (Wildman–Crippen LogP) is 3.31. The molecule has 1 aromatic carbocycles. The maximum absolute atomic E-state index is 12.3. The smallest absolute Gasteiger partial charge is 0.238 e. The van der Waals surface area contributed by atoms with E-state index in [2.05, 4.69) is 22.1 Å². The molecule has 2 rings (SSSR count). The van der Waals surface area contributed by atoms with Crippen molar-refractivity contribution in [3.05, 3.63) is 40.9 Å². The summed E-state index contributed by atoms with van der Waals surface area (Å²) in [6, 6.07) is 7.79. The molecule has 0 saturated heterocycles.